The van der Waals surface area contributed by atoms with Crippen molar-refractivity contribution in [2.24, 2.45) is 5.92 Å². The number of hydrogen-bond acceptors (Lipinski definition) is 8. The van der Waals surface area contributed by atoms with Gasteiger partial charge in [-0.15, -0.1) is 0 Å². The molecule has 1 aliphatic heterocycles. The number of likely N-dealkylation sites (tertiary alicyclic amines) is 1. The molecule has 0 spiro atoms. The Kier molecular flexibility index (Phi) is 6.56. The minimum absolute atomic E-state index is 0.00242. The van der Waals surface area contributed by atoms with Gasteiger partial charge < -0.3 is 24.7 Å². The molecule has 1 aliphatic carbocycles. The number of amides is 2. The van der Waals surface area contributed by atoms with E-state index in [2.05, 4.69) is 32.7 Å². The Balaban J connectivity index is 1.26. The highest BCUT2D eigenvalue weighted by Gasteiger charge is 2.30. The molecule has 10 nitrogen and oxygen atoms in total. The fraction of sp³-hybridized carbons (Fsp3) is 0.433. The Morgan fingerprint density at radius 2 is 1.80 bits per heavy atom. The van der Waals surface area contributed by atoms with Crippen LogP contribution in [-0.2, 0) is 9.53 Å². The van der Waals surface area contributed by atoms with E-state index in [1.807, 2.05) is 40.0 Å². The zero-order valence-corrected chi connectivity index (χ0v) is 23.3. The first-order valence-corrected chi connectivity index (χ1v) is 13.8. The third kappa shape index (κ3) is 5.30. The molecular formula is C30H34N6O4. The standard InChI is InChI=1S/C30H34N6O4/c1-30(2,3)40-29(38)36-11-9-17(10-12-36)19-7-8-24-23(13-19)34-28(39-24)22-16-33-26(31-4)21-15-32-25(14-20(21)22)35-27(37)18-5-6-18/h7-8,13-18H,5-6,9-12H2,1-4H3,(H,31,33)(H,32,35,37). The third-order valence-electron chi connectivity index (χ3n) is 7.47. The molecule has 2 aliphatic rings. The zero-order valence-electron chi connectivity index (χ0n) is 23.3. The molecule has 1 saturated carbocycles. The number of hydrogen-bond donors (Lipinski definition) is 2. The monoisotopic (exact) mass is 542 g/mol. The second kappa shape index (κ2) is 10.1. The molecule has 3 aromatic heterocycles. The summed E-state index contributed by atoms with van der Waals surface area (Å²) in [4.78, 5) is 40.4. The van der Waals surface area contributed by atoms with E-state index >= 15 is 0 Å². The number of benzene rings is 1. The van der Waals surface area contributed by atoms with Crippen molar-refractivity contribution in [1.29, 1.82) is 0 Å². The molecule has 1 saturated heterocycles. The van der Waals surface area contributed by atoms with Gasteiger partial charge in [0.15, 0.2) is 5.58 Å². The smallest absolute Gasteiger partial charge is 0.410 e. The molecule has 0 unspecified atom stereocenters. The van der Waals surface area contributed by atoms with Gasteiger partial charge >= 0.3 is 6.09 Å². The number of anilines is 2. The number of carbonyl (C=O) groups excluding carboxylic acids is 2. The van der Waals surface area contributed by atoms with Gasteiger partial charge in [0.05, 0.1) is 5.56 Å². The lowest BCUT2D eigenvalue weighted by molar-refractivity contribution is -0.117. The van der Waals surface area contributed by atoms with E-state index in [4.69, 9.17) is 14.1 Å². The second-order valence-corrected chi connectivity index (χ2v) is 11.6. The number of carbonyl (C=O) groups is 2. The van der Waals surface area contributed by atoms with Crippen LogP contribution < -0.4 is 10.6 Å². The van der Waals surface area contributed by atoms with Gasteiger partial charge in [-0.25, -0.2) is 19.7 Å². The van der Waals surface area contributed by atoms with Crippen molar-refractivity contribution in [3.05, 3.63) is 42.2 Å². The van der Waals surface area contributed by atoms with Crippen molar-refractivity contribution in [3.8, 4) is 11.5 Å². The average Bonchev–Trinajstić information content (AvgIpc) is 3.70. The van der Waals surface area contributed by atoms with Gasteiger partial charge in [0.25, 0.3) is 0 Å². The minimum Gasteiger partial charge on any atom is -0.444 e. The highest BCUT2D eigenvalue weighted by molar-refractivity contribution is 6.03. The molecule has 6 rings (SSSR count). The molecule has 2 amide bonds. The molecule has 4 aromatic rings. The van der Waals surface area contributed by atoms with Crippen LogP contribution in [0.3, 0.4) is 0 Å². The Bertz CT molecular complexity index is 1600. The molecule has 4 heterocycles. The van der Waals surface area contributed by atoms with Gasteiger partial charge in [0, 0.05) is 49.2 Å². The largest absolute Gasteiger partial charge is 0.444 e. The van der Waals surface area contributed by atoms with E-state index in [1.165, 1.54) is 5.56 Å². The SMILES string of the molecule is CNc1ncc(-c2nc3cc(C4CCN(C(=O)OC(C)(C)C)CC4)ccc3o2)c2cc(NC(=O)C3CC3)ncc12. The van der Waals surface area contributed by atoms with Gasteiger partial charge in [-0.1, -0.05) is 6.07 Å². The van der Waals surface area contributed by atoms with Crippen molar-refractivity contribution in [2.45, 2.75) is 58.0 Å². The molecule has 10 heteroatoms. The molecule has 2 fully saturated rings. The van der Waals surface area contributed by atoms with Crippen LogP contribution in [-0.4, -0.2) is 57.6 Å². The van der Waals surface area contributed by atoms with E-state index < -0.39 is 5.60 Å². The summed E-state index contributed by atoms with van der Waals surface area (Å²) < 4.78 is 11.7. The molecule has 40 heavy (non-hydrogen) atoms. The van der Waals surface area contributed by atoms with Crippen molar-refractivity contribution in [2.75, 3.05) is 30.8 Å². The van der Waals surface area contributed by atoms with Crippen LogP contribution in [0.15, 0.2) is 41.1 Å². The first-order valence-electron chi connectivity index (χ1n) is 13.8. The fourth-order valence-electron chi connectivity index (χ4n) is 5.18. The number of ether oxygens (including phenoxy) is 1. The molecule has 1 aromatic carbocycles. The first kappa shape index (κ1) is 26.0. The summed E-state index contributed by atoms with van der Waals surface area (Å²) in [7, 11) is 1.81. The highest BCUT2D eigenvalue weighted by atomic mass is 16.6. The van der Waals surface area contributed by atoms with Crippen molar-refractivity contribution < 1.29 is 18.7 Å². The summed E-state index contributed by atoms with van der Waals surface area (Å²) in [5.41, 5.74) is 2.86. The van der Waals surface area contributed by atoms with Crippen LogP contribution in [0.2, 0.25) is 0 Å². The maximum atomic E-state index is 12.5. The minimum atomic E-state index is -0.500. The lowest BCUT2D eigenvalue weighted by Gasteiger charge is -2.33. The number of pyridine rings is 2. The lowest BCUT2D eigenvalue weighted by Crippen LogP contribution is -2.41. The predicted octanol–water partition coefficient (Wildman–Crippen LogP) is 5.94. The summed E-state index contributed by atoms with van der Waals surface area (Å²) in [5.74, 6) is 2.04. The van der Waals surface area contributed by atoms with Crippen LogP contribution in [0.25, 0.3) is 33.3 Å². The molecule has 2 N–H and O–H groups in total. The van der Waals surface area contributed by atoms with Crippen molar-refractivity contribution in [1.82, 2.24) is 19.9 Å². The van der Waals surface area contributed by atoms with Crippen molar-refractivity contribution in [3.63, 3.8) is 0 Å². The zero-order chi connectivity index (χ0) is 28.0. The number of nitrogens with zero attached hydrogens (tertiary/aromatic N) is 4. The maximum Gasteiger partial charge on any atom is 0.410 e. The number of fused-ring (bicyclic) bond motifs is 2. The maximum absolute atomic E-state index is 12.5. The van der Waals surface area contributed by atoms with E-state index in [0.717, 1.165) is 47.5 Å². The summed E-state index contributed by atoms with van der Waals surface area (Å²) in [6.45, 7) is 6.97. The van der Waals surface area contributed by atoms with E-state index in [-0.39, 0.29) is 17.9 Å². The molecule has 0 bridgehead atoms. The number of nitrogens with one attached hydrogen (secondary N) is 2. The Morgan fingerprint density at radius 3 is 2.50 bits per heavy atom. The molecule has 208 valence electrons. The average molecular weight is 543 g/mol. The Labute approximate surface area is 232 Å². The number of oxazole rings is 1. The summed E-state index contributed by atoms with van der Waals surface area (Å²) in [5, 5.41) is 7.68. The number of aromatic nitrogens is 3. The summed E-state index contributed by atoms with van der Waals surface area (Å²) in [6, 6.07) is 7.98. The lowest BCUT2D eigenvalue weighted by atomic mass is 9.89. The number of rotatable bonds is 5. The Hall–Kier alpha value is -4.21. The predicted molar refractivity (Wildman–Crippen MR) is 153 cm³/mol. The van der Waals surface area contributed by atoms with E-state index in [9.17, 15) is 9.59 Å². The fourth-order valence-corrected chi connectivity index (χ4v) is 5.18. The van der Waals surface area contributed by atoms with Gasteiger partial charge in [-0.05, 0) is 76.1 Å². The van der Waals surface area contributed by atoms with E-state index in [0.29, 0.717) is 42.1 Å². The first-order chi connectivity index (χ1) is 19.2. The normalized spacial score (nSPS) is 16.4. The quantitative estimate of drug-likeness (QED) is 0.318. The van der Waals surface area contributed by atoms with Gasteiger partial charge in [0.2, 0.25) is 11.8 Å². The van der Waals surface area contributed by atoms with E-state index in [1.54, 1.807) is 17.3 Å². The van der Waals surface area contributed by atoms with Gasteiger partial charge in [0.1, 0.15) is 22.8 Å². The second-order valence-electron chi connectivity index (χ2n) is 11.6. The van der Waals surface area contributed by atoms with Crippen molar-refractivity contribution >= 4 is 45.5 Å². The molecule has 0 atom stereocenters. The topological polar surface area (TPSA) is 122 Å². The van der Waals surface area contributed by atoms with Crippen LogP contribution in [0.5, 0.6) is 0 Å². The number of piperidine rings is 1. The Morgan fingerprint density at radius 1 is 1.02 bits per heavy atom. The molecule has 0 radical (unpaired) electrons. The van der Waals surface area contributed by atoms with Gasteiger partial charge in [-0.2, -0.15) is 0 Å². The third-order valence-corrected chi connectivity index (χ3v) is 7.47. The summed E-state index contributed by atoms with van der Waals surface area (Å²) >= 11 is 0. The van der Waals surface area contributed by atoms with Crippen LogP contribution in [0.1, 0.15) is 57.9 Å². The van der Waals surface area contributed by atoms with Gasteiger partial charge in [-0.3, -0.25) is 4.79 Å². The van der Waals surface area contributed by atoms with Crippen LogP contribution >= 0.6 is 0 Å². The van der Waals surface area contributed by atoms with Crippen LogP contribution in [0.4, 0.5) is 16.4 Å². The molecular weight excluding hydrogens is 508 g/mol. The van der Waals surface area contributed by atoms with Crippen LogP contribution in [0, 0.1) is 5.92 Å². The summed E-state index contributed by atoms with van der Waals surface area (Å²) in [6.07, 6.45) is 6.76. The highest BCUT2D eigenvalue weighted by Crippen LogP contribution is 2.36.